The quantitative estimate of drug-likeness (QED) is 0.765. The summed E-state index contributed by atoms with van der Waals surface area (Å²) in [7, 11) is 3.23. The molecular formula is C22H21N3O3S. The van der Waals surface area contributed by atoms with Crippen LogP contribution >= 0.6 is 11.8 Å². The molecule has 0 aliphatic carbocycles. The number of benzene rings is 2. The lowest BCUT2D eigenvalue weighted by atomic mass is 9.86. The Hall–Kier alpha value is -3.11. The summed E-state index contributed by atoms with van der Waals surface area (Å²) in [5, 5.41) is 10.6. The number of methoxy groups -OCH3 is 2. The number of amides is 1. The van der Waals surface area contributed by atoms with Crippen molar-refractivity contribution in [3.63, 3.8) is 0 Å². The maximum atomic E-state index is 13.0. The van der Waals surface area contributed by atoms with E-state index < -0.39 is 0 Å². The Morgan fingerprint density at radius 2 is 1.93 bits per heavy atom. The third-order valence-corrected chi connectivity index (χ3v) is 6.38. The van der Waals surface area contributed by atoms with E-state index in [2.05, 4.69) is 11.0 Å². The van der Waals surface area contributed by atoms with Crippen LogP contribution in [0.1, 0.15) is 17.9 Å². The third-order valence-electron chi connectivity index (χ3n) is 5.22. The molecule has 1 fully saturated rings. The Bertz CT molecular complexity index is 1000. The average molecular weight is 407 g/mol. The second-order valence-corrected chi connectivity index (χ2v) is 7.75. The highest BCUT2D eigenvalue weighted by Gasteiger charge is 2.38. The Balaban J connectivity index is 1.66. The molecule has 2 aliphatic heterocycles. The van der Waals surface area contributed by atoms with E-state index in [0.29, 0.717) is 36.0 Å². The topological polar surface area (TPSA) is 65.8 Å². The van der Waals surface area contributed by atoms with Crippen LogP contribution in [0.15, 0.2) is 59.1 Å². The summed E-state index contributed by atoms with van der Waals surface area (Å²) in [6.45, 7) is 0.385. The Kier molecular flexibility index (Phi) is 5.36. The van der Waals surface area contributed by atoms with Gasteiger partial charge in [0.2, 0.25) is 5.91 Å². The first-order valence-electron chi connectivity index (χ1n) is 9.25. The van der Waals surface area contributed by atoms with Crippen LogP contribution in [0.5, 0.6) is 11.5 Å². The molecule has 29 heavy (non-hydrogen) atoms. The molecule has 0 radical (unpaired) electrons. The lowest BCUT2D eigenvalue weighted by molar-refractivity contribution is -0.129. The van der Waals surface area contributed by atoms with Gasteiger partial charge in [-0.25, -0.2) is 0 Å². The minimum absolute atomic E-state index is 0.0255. The Morgan fingerprint density at radius 1 is 1.14 bits per heavy atom. The number of nitriles is 1. The molecule has 0 spiro atoms. The fraction of sp³-hybridized carbons (Fsp3) is 0.273. The molecule has 0 N–H and O–H groups in total. The second-order valence-electron chi connectivity index (χ2n) is 6.81. The standard InChI is InChI=1S/C22H21N3O3S/c1-27-16-8-9-19(20(10-16)28-2)24-13-25-21(26)11-17(15-6-4-3-5-7-15)18(12-23)22(25)29-14-24/h3-10,17H,11,13-14H2,1-2H3. The predicted molar refractivity (Wildman–Crippen MR) is 113 cm³/mol. The zero-order chi connectivity index (χ0) is 20.4. The number of fused-ring (bicyclic) bond motifs is 1. The van der Waals surface area contributed by atoms with Gasteiger partial charge in [0.05, 0.1) is 49.1 Å². The molecule has 4 rings (SSSR count). The van der Waals surface area contributed by atoms with Crippen LogP contribution in [0, 0.1) is 11.3 Å². The number of carbonyl (C=O) groups is 1. The number of anilines is 1. The lowest BCUT2D eigenvalue weighted by Crippen LogP contribution is -2.47. The Labute approximate surface area is 174 Å². The summed E-state index contributed by atoms with van der Waals surface area (Å²) in [4.78, 5) is 16.8. The van der Waals surface area contributed by atoms with Gasteiger partial charge in [-0.3, -0.25) is 9.69 Å². The maximum absolute atomic E-state index is 13.0. The van der Waals surface area contributed by atoms with Crippen LogP contribution in [-0.4, -0.2) is 37.6 Å². The SMILES string of the molecule is COc1ccc(N2CSC3=C(C#N)C(c4ccccc4)CC(=O)N3C2)c(OC)c1. The van der Waals surface area contributed by atoms with Crippen molar-refractivity contribution in [3.05, 3.63) is 64.7 Å². The van der Waals surface area contributed by atoms with Crippen molar-refractivity contribution in [1.29, 1.82) is 5.26 Å². The van der Waals surface area contributed by atoms with E-state index in [1.807, 2.05) is 48.5 Å². The zero-order valence-corrected chi connectivity index (χ0v) is 17.1. The molecule has 2 aromatic rings. The highest BCUT2D eigenvalue weighted by atomic mass is 32.2. The first kappa shape index (κ1) is 19.2. The van der Waals surface area contributed by atoms with Crippen molar-refractivity contribution in [2.45, 2.75) is 12.3 Å². The molecule has 2 aliphatic rings. The van der Waals surface area contributed by atoms with Crippen molar-refractivity contribution in [2.24, 2.45) is 0 Å². The van der Waals surface area contributed by atoms with Crippen LogP contribution in [-0.2, 0) is 4.79 Å². The normalized spacial score (nSPS) is 18.9. The summed E-state index contributed by atoms with van der Waals surface area (Å²) >= 11 is 1.52. The highest BCUT2D eigenvalue weighted by Crippen LogP contribution is 2.44. The van der Waals surface area contributed by atoms with Crippen LogP contribution in [0.2, 0.25) is 0 Å². The van der Waals surface area contributed by atoms with Crippen LogP contribution in [0.3, 0.4) is 0 Å². The van der Waals surface area contributed by atoms with E-state index in [-0.39, 0.29) is 11.8 Å². The molecular weight excluding hydrogens is 386 g/mol. The molecule has 1 saturated heterocycles. The van der Waals surface area contributed by atoms with Crippen LogP contribution < -0.4 is 14.4 Å². The summed E-state index contributed by atoms with van der Waals surface area (Å²) in [5.74, 6) is 1.85. The van der Waals surface area contributed by atoms with E-state index in [9.17, 15) is 10.1 Å². The summed E-state index contributed by atoms with van der Waals surface area (Å²) in [5.41, 5.74) is 2.56. The fourth-order valence-corrected chi connectivity index (χ4v) is 4.89. The van der Waals surface area contributed by atoms with Gasteiger partial charge < -0.3 is 14.4 Å². The number of rotatable bonds is 4. The number of thioether (sulfide) groups is 1. The largest absolute Gasteiger partial charge is 0.497 e. The van der Waals surface area contributed by atoms with E-state index in [1.54, 1.807) is 19.1 Å². The second kappa shape index (κ2) is 8.10. The highest BCUT2D eigenvalue weighted by molar-refractivity contribution is 8.03. The Morgan fingerprint density at radius 3 is 2.62 bits per heavy atom. The number of hydrogen-bond donors (Lipinski definition) is 0. The molecule has 7 heteroatoms. The van der Waals surface area contributed by atoms with E-state index >= 15 is 0 Å². The van der Waals surface area contributed by atoms with E-state index in [1.165, 1.54) is 11.8 Å². The van der Waals surface area contributed by atoms with Gasteiger partial charge in [-0.2, -0.15) is 5.26 Å². The molecule has 148 valence electrons. The number of hydrogen-bond acceptors (Lipinski definition) is 6. The summed E-state index contributed by atoms with van der Waals surface area (Å²) in [6.07, 6.45) is 0.296. The van der Waals surface area contributed by atoms with E-state index in [4.69, 9.17) is 9.47 Å². The van der Waals surface area contributed by atoms with Gasteiger partial charge in [-0.1, -0.05) is 42.1 Å². The lowest BCUT2D eigenvalue weighted by Gasteiger charge is -2.42. The number of ether oxygens (including phenoxy) is 2. The zero-order valence-electron chi connectivity index (χ0n) is 16.3. The first-order chi connectivity index (χ1) is 14.2. The number of allylic oxidation sites excluding steroid dienone is 1. The first-order valence-corrected chi connectivity index (χ1v) is 10.2. The van der Waals surface area contributed by atoms with Crippen molar-refractivity contribution >= 4 is 23.4 Å². The van der Waals surface area contributed by atoms with E-state index in [0.717, 1.165) is 16.3 Å². The molecule has 0 aromatic heterocycles. The minimum atomic E-state index is -0.186. The van der Waals surface area contributed by atoms with Gasteiger partial charge in [-0.15, -0.1) is 0 Å². The van der Waals surface area contributed by atoms with Crippen molar-refractivity contribution < 1.29 is 14.3 Å². The smallest absolute Gasteiger partial charge is 0.229 e. The number of carbonyl (C=O) groups excluding carboxylic acids is 1. The fourth-order valence-electron chi connectivity index (χ4n) is 3.73. The molecule has 0 saturated carbocycles. The third kappa shape index (κ3) is 3.52. The molecule has 1 atom stereocenters. The molecule has 2 heterocycles. The van der Waals surface area contributed by atoms with Gasteiger partial charge in [0.15, 0.2) is 0 Å². The molecule has 1 amide bonds. The monoisotopic (exact) mass is 407 g/mol. The van der Waals surface area contributed by atoms with Gasteiger partial charge in [0.25, 0.3) is 0 Å². The molecule has 6 nitrogen and oxygen atoms in total. The molecule has 2 aromatic carbocycles. The van der Waals surface area contributed by atoms with Gasteiger partial charge in [0, 0.05) is 18.4 Å². The van der Waals surface area contributed by atoms with Crippen molar-refractivity contribution in [2.75, 3.05) is 31.7 Å². The molecule has 0 bridgehead atoms. The van der Waals surface area contributed by atoms with Gasteiger partial charge >= 0.3 is 0 Å². The predicted octanol–water partition coefficient (Wildman–Crippen LogP) is 3.92. The van der Waals surface area contributed by atoms with Crippen molar-refractivity contribution in [3.8, 4) is 17.6 Å². The average Bonchev–Trinajstić information content (AvgIpc) is 2.79. The maximum Gasteiger partial charge on any atom is 0.229 e. The molecule has 1 unspecified atom stereocenters. The van der Waals surface area contributed by atoms with Crippen molar-refractivity contribution in [1.82, 2.24) is 4.90 Å². The number of nitrogens with zero attached hydrogens (tertiary/aromatic N) is 3. The summed E-state index contributed by atoms with van der Waals surface area (Å²) in [6, 6.07) is 17.8. The van der Waals surface area contributed by atoms with Crippen LogP contribution in [0.4, 0.5) is 5.69 Å². The van der Waals surface area contributed by atoms with Gasteiger partial charge in [-0.05, 0) is 17.7 Å². The summed E-state index contributed by atoms with van der Waals surface area (Å²) < 4.78 is 10.8. The van der Waals surface area contributed by atoms with Crippen LogP contribution in [0.25, 0.3) is 0 Å². The minimum Gasteiger partial charge on any atom is -0.497 e. The van der Waals surface area contributed by atoms with Gasteiger partial charge in [0.1, 0.15) is 11.5 Å².